The summed E-state index contributed by atoms with van der Waals surface area (Å²) in [5, 5.41) is 7.78. The van der Waals surface area contributed by atoms with Gasteiger partial charge in [-0.15, -0.1) is 0 Å². The zero-order chi connectivity index (χ0) is 18.5. The van der Waals surface area contributed by atoms with Crippen molar-refractivity contribution in [2.24, 2.45) is 0 Å². The average molecular weight is 351 g/mol. The van der Waals surface area contributed by atoms with Crippen LogP contribution in [0.2, 0.25) is 0 Å². The highest BCUT2D eigenvalue weighted by Crippen LogP contribution is 2.18. The van der Waals surface area contributed by atoms with Crippen LogP contribution in [0.4, 0.5) is 0 Å². The Balaban J connectivity index is 1.67. The SMILES string of the molecule is Cc1ccc(Cn2nc(C)c(/C=C/C(=O)NC3CCCCC3)c2C)cc1. The van der Waals surface area contributed by atoms with Gasteiger partial charge in [0.25, 0.3) is 0 Å². The maximum Gasteiger partial charge on any atom is 0.244 e. The van der Waals surface area contributed by atoms with Gasteiger partial charge in [-0.1, -0.05) is 49.1 Å². The van der Waals surface area contributed by atoms with Crippen LogP contribution in [0.25, 0.3) is 6.08 Å². The molecule has 1 heterocycles. The number of carbonyl (C=O) groups excluding carboxylic acids is 1. The van der Waals surface area contributed by atoms with Crippen molar-refractivity contribution in [1.82, 2.24) is 15.1 Å². The molecule has 0 aliphatic heterocycles. The van der Waals surface area contributed by atoms with E-state index in [1.54, 1.807) is 6.08 Å². The third kappa shape index (κ3) is 4.63. The first-order chi connectivity index (χ1) is 12.5. The molecular formula is C22H29N3O. The third-order valence-corrected chi connectivity index (χ3v) is 5.24. The second kappa shape index (κ2) is 8.35. The molecule has 0 atom stereocenters. The lowest BCUT2D eigenvalue weighted by Crippen LogP contribution is -2.34. The van der Waals surface area contributed by atoms with E-state index in [4.69, 9.17) is 0 Å². The number of carbonyl (C=O) groups is 1. The van der Waals surface area contributed by atoms with Crippen LogP contribution >= 0.6 is 0 Å². The van der Waals surface area contributed by atoms with Crippen LogP contribution in [0.1, 0.15) is 60.2 Å². The van der Waals surface area contributed by atoms with Crippen molar-refractivity contribution in [3.8, 4) is 0 Å². The quantitative estimate of drug-likeness (QED) is 0.816. The first kappa shape index (κ1) is 18.4. The van der Waals surface area contributed by atoms with Gasteiger partial charge in [-0.05, 0) is 45.3 Å². The molecule has 0 unspecified atom stereocenters. The van der Waals surface area contributed by atoms with E-state index in [0.29, 0.717) is 6.04 Å². The van der Waals surface area contributed by atoms with Crippen molar-refractivity contribution in [1.29, 1.82) is 0 Å². The van der Waals surface area contributed by atoms with Crippen molar-refractivity contribution in [3.63, 3.8) is 0 Å². The second-order valence-corrected chi connectivity index (χ2v) is 7.40. The molecule has 4 nitrogen and oxygen atoms in total. The molecule has 2 aromatic rings. The Labute approximate surface area is 156 Å². The van der Waals surface area contributed by atoms with Gasteiger partial charge in [-0.3, -0.25) is 9.48 Å². The summed E-state index contributed by atoms with van der Waals surface area (Å²) in [5.41, 5.74) is 5.57. The Morgan fingerprint density at radius 1 is 1.15 bits per heavy atom. The van der Waals surface area contributed by atoms with Gasteiger partial charge in [0.1, 0.15) is 0 Å². The van der Waals surface area contributed by atoms with Gasteiger partial charge in [0.05, 0.1) is 12.2 Å². The summed E-state index contributed by atoms with van der Waals surface area (Å²) in [6.45, 7) is 6.90. The Kier molecular flexibility index (Phi) is 5.92. The molecule has 1 aromatic carbocycles. The van der Waals surface area contributed by atoms with E-state index in [1.807, 2.05) is 17.7 Å². The first-order valence-corrected chi connectivity index (χ1v) is 9.61. The first-order valence-electron chi connectivity index (χ1n) is 9.61. The molecule has 1 aliphatic rings. The summed E-state index contributed by atoms with van der Waals surface area (Å²) >= 11 is 0. The van der Waals surface area contributed by atoms with Crippen molar-refractivity contribution >= 4 is 12.0 Å². The highest BCUT2D eigenvalue weighted by Gasteiger charge is 2.15. The molecule has 3 rings (SSSR count). The molecule has 1 N–H and O–H groups in total. The third-order valence-electron chi connectivity index (χ3n) is 5.24. The highest BCUT2D eigenvalue weighted by atomic mass is 16.1. The lowest BCUT2D eigenvalue weighted by Gasteiger charge is -2.21. The summed E-state index contributed by atoms with van der Waals surface area (Å²) in [5.74, 6) is 0.00184. The largest absolute Gasteiger partial charge is 0.350 e. The van der Waals surface area contributed by atoms with E-state index >= 15 is 0 Å². The summed E-state index contributed by atoms with van der Waals surface area (Å²) in [7, 11) is 0. The minimum absolute atomic E-state index is 0.00184. The van der Waals surface area contributed by atoms with E-state index in [-0.39, 0.29) is 5.91 Å². The number of amides is 1. The molecule has 26 heavy (non-hydrogen) atoms. The van der Waals surface area contributed by atoms with Gasteiger partial charge in [0.15, 0.2) is 0 Å². The number of nitrogens with zero attached hydrogens (tertiary/aromatic N) is 2. The fourth-order valence-electron chi connectivity index (χ4n) is 3.63. The van der Waals surface area contributed by atoms with E-state index in [1.165, 1.54) is 30.4 Å². The average Bonchev–Trinajstić information content (AvgIpc) is 2.89. The van der Waals surface area contributed by atoms with Crippen LogP contribution < -0.4 is 5.32 Å². The number of benzene rings is 1. The topological polar surface area (TPSA) is 46.9 Å². The number of aromatic nitrogens is 2. The lowest BCUT2D eigenvalue weighted by atomic mass is 9.95. The van der Waals surface area contributed by atoms with E-state index in [9.17, 15) is 4.79 Å². The highest BCUT2D eigenvalue weighted by molar-refractivity contribution is 5.92. The van der Waals surface area contributed by atoms with Crippen LogP contribution in [0.5, 0.6) is 0 Å². The smallest absolute Gasteiger partial charge is 0.244 e. The molecule has 0 spiro atoms. The monoisotopic (exact) mass is 351 g/mol. The number of aryl methyl sites for hydroxylation is 2. The minimum atomic E-state index is 0.00184. The number of nitrogens with one attached hydrogen (secondary N) is 1. The molecule has 138 valence electrons. The molecule has 0 bridgehead atoms. The standard InChI is InChI=1S/C22H29N3O/c1-16-9-11-19(12-10-16)15-25-18(3)21(17(2)24-25)13-14-22(26)23-20-7-5-4-6-8-20/h9-14,20H,4-8,15H2,1-3H3,(H,23,26)/b14-13+. The van der Waals surface area contributed by atoms with E-state index in [0.717, 1.165) is 36.3 Å². The Bertz CT molecular complexity index is 780. The van der Waals surface area contributed by atoms with E-state index < -0.39 is 0 Å². The zero-order valence-corrected chi connectivity index (χ0v) is 16.1. The predicted octanol–water partition coefficient (Wildman–Crippen LogP) is 4.32. The van der Waals surface area contributed by atoms with Crippen LogP contribution in [-0.2, 0) is 11.3 Å². The van der Waals surface area contributed by atoms with Gasteiger partial charge in [-0.25, -0.2) is 0 Å². The van der Waals surface area contributed by atoms with Gasteiger partial charge in [0.2, 0.25) is 5.91 Å². The van der Waals surface area contributed by atoms with Crippen LogP contribution in [0, 0.1) is 20.8 Å². The van der Waals surface area contributed by atoms with Crippen LogP contribution in [0.15, 0.2) is 30.3 Å². The molecular weight excluding hydrogens is 322 g/mol. The second-order valence-electron chi connectivity index (χ2n) is 7.40. The summed E-state index contributed by atoms with van der Waals surface area (Å²) in [4.78, 5) is 12.2. The van der Waals surface area contributed by atoms with Crippen molar-refractivity contribution in [2.75, 3.05) is 0 Å². The Morgan fingerprint density at radius 2 is 1.85 bits per heavy atom. The normalized spacial score (nSPS) is 15.5. The van der Waals surface area contributed by atoms with Crippen molar-refractivity contribution < 1.29 is 4.79 Å². The molecule has 1 aliphatic carbocycles. The maximum atomic E-state index is 12.2. The van der Waals surface area contributed by atoms with Gasteiger partial charge < -0.3 is 5.32 Å². The van der Waals surface area contributed by atoms with E-state index in [2.05, 4.69) is 48.5 Å². The Hall–Kier alpha value is -2.36. The van der Waals surface area contributed by atoms with Crippen LogP contribution in [0.3, 0.4) is 0 Å². The van der Waals surface area contributed by atoms with Crippen LogP contribution in [-0.4, -0.2) is 21.7 Å². The summed E-state index contributed by atoms with van der Waals surface area (Å²) in [6.07, 6.45) is 9.50. The number of hydrogen-bond acceptors (Lipinski definition) is 2. The zero-order valence-electron chi connectivity index (χ0n) is 16.1. The maximum absolute atomic E-state index is 12.2. The fourth-order valence-corrected chi connectivity index (χ4v) is 3.63. The lowest BCUT2D eigenvalue weighted by molar-refractivity contribution is -0.117. The Morgan fingerprint density at radius 3 is 2.54 bits per heavy atom. The van der Waals surface area contributed by atoms with Gasteiger partial charge >= 0.3 is 0 Å². The molecule has 1 amide bonds. The molecule has 1 saturated carbocycles. The van der Waals surface area contributed by atoms with Crippen molar-refractivity contribution in [2.45, 2.75) is 65.5 Å². The predicted molar refractivity (Wildman–Crippen MR) is 106 cm³/mol. The molecule has 0 radical (unpaired) electrons. The summed E-state index contributed by atoms with van der Waals surface area (Å²) in [6, 6.07) is 8.86. The minimum Gasteiger partial charge on any atom is -0.350 e. The van der Waals surface area contributed by atoms with Gasteiger partial charge in [-0.2, -0.15) is 5.10 Å². The molecule has 1 aromatic heterocycles. The fraction of sp³-hybridized carbons (Fsp3) is 0.455. The molecule has 1 fully saturated rings. The summed E-state index contributed by atoms with van der Waals surface area (Å²) < 4.78 is 2.01. The molecule has 4 heteroatoms. The van der Waals surface area contributed by atoms with Crippen molar-refractivity contribution in [3.05, 3.63) is 58.4 Å². The number of hydrogen-bond donors (Lipinski definition) is 1. The van der Waals surface area contributed by atoms with Gasteiger partial charge in [0, 0.05) is 23.4 Å². The molecule has 0 saturated heterocycles. The number of rotatable bonds is 5.